The third-order valence-corrected chi connectivity index (χ3v) is 7.12. The summed E-state index contributed by atoms with van der Waals surface area (Å²) in [5.41, 5.74) is 1.02. The van der Waals surface area contributed by atoms with Gasteiger partial charge in [-0.05, 0) is 44.0 Å². The maximum Gasteiger partial charge on any atom is 0.405 e. The summed E-state index contributed by atoms with van der Waals surface area (Å²) in [6, 6.07) is 6.86. The number of hydrogen-bond acceptors (Lipinski definition) is 5. The lowest BCUT2D eigenvalue weighted by Gasteiger charge is -2.24. The molecule has 32 heavy (non-hydrogen) atoms. The molecule has 1 saturated heterocycles. The minimum absolute atomic E-state index is 0.346. The smallest absolute Gasteiger partial charge is 0.405 e. The van der Waals surface area contributed by atoms with Crippen LogP contribution in [0.1, 0.15) is 46.0 Å². The molecule has 1 aromatic rings. The number of amides is 1. The van der Waals surface area contributed by atoms with Gasteiger partial charge in [-0.15, -0.1) is 5.92 Å². The Bertz CT molecular complexity index is 877. The van der Waals surface area contributed by atoms with Crippen molar-refractivity contribution in [2.24, 2.45) is 0 Å². The fraction of sp³-hybridized carbons (Fsp3) is 0.609. The topological polar surface area (TPSA) is 99.2 Å². The number of carbonyl (C=O) groups is 1. The van der Waals surface area contributed by atoms with Crippen molar-refractivity contribution in [3.63, 3.8) is 0 Å². The van der Waals surface area contributed by atoms with Crippen LogP contribution in [-0.4, -0.2) is 68.5 Å². The predicted molar refractivity (Wildman–Crippen MR) is 127 cm³/mol. The average molecular weight is 466 g/mol. The summed E-state index contributed by atoms with van der Waals surface area (Å²) < 4.78 is 33.0. The van der Waals surface area contributed by atoms with Crippen molar-refractivity contribution in [2.75, 3.05) is 43.4 Å². The number of anilines is 1. The molecule has 1 atom stereocenters. The van der Waals surface area contributed by atoms with Crippen molar-refractivity contribution >= 4 is 21.8 Å². The van der Waals surface area contributed by atoms with Crippen molar-refractivity contribution < 1.29 is 23.1 Å². The summed E-state index contributed by atoms with van der Waals surface area (Å²) in [6.45, 7) is 6.69. The summed E-state index contributed by atoms with van der Waals surface area (Å²) in [7, 11) is -3.66. The van der Waals surface area contributed by atoms with Crippen LogP contribution < -0.4 is 15.0 Å². The first-order valence-corrected chi connectivity index (χ1v) is 12.9. The molecule has 8 nitrogen and oxygen atoms in total. The van der Waals surface area contributed by atoms with Gasteiger partial charge in [0.1, 0.15) is 11.8 Å². The molecule has 178 valence electrons. The number of sulfonamides is 1. The molecule has 9 heteroatoms. The predicted octanol–water partition coefficient (Wildman–Crippen LogP) is 3.15. The number of ether oxygens (including phenoxy) is 1. The van der Waals surface area contributed by atoms with Crippen molar-refractivity contribution in [3.05, 3.63) is 24.3 Å². The summed E-state index contributed by atoms with van der Waals surface area (Å²) in [6.07, 6.45) is 3.07. The lowest BCUT2D eigenvalue weighted by molar-refractivity contribution is 0.193. The summed E-state index contributed by atoms with van der Waals surface area (Å²) in [5.74, 6) is 6.18. The van der Waals surface area contributed by atoms with E-state index >= 15 is 0 Å². The number of benzene rings is 1. The van der Waals surface area contributed by atoms with Crippen molar-refractivity contribution in [1.82, 2.24) is 9.62 Å². The van der Waals surface area contributed by atoms with Crippen LogP contribution in [0.4, 0.5) is 10.5 Å². The molecule has 0 saturated carbocycles. The Hall–Kier alpha value is -2.44. The molecule has 1 aliphatic rings. The minimum Gasteiger partial charge on any atom is -0.494 e. The Kier molecular flexibility index (Phi) is 10.6. The van der Waals surface area contributed by atoms with E-state index in [9.17, 15) is 13.2 Å². The molecule has 1 aromatic carbocycles. The van der Waals surface area contributed by atoms with Gasteiger partial charge >= 0.3 is 6.09 Å². The van der Waals surface area contributed by atoms with Crippen LogP contribution in [-0.2, 0) is 10.0 Å². The maximum absolute atomic E-state index is 13.0. The van der Waals surface area contributed by atoms with Crippen molar-refractivity contribution in [1.29, 1.82) is 0 Å². The first kappa shape index (κ1) is 25.8. The third-order valence-electron chi connectivity index (χ3n) is 5.22. The highest BCUT2D eigenvalue weighted by molar-refractivity contribution is 7.89. The standard InChI is InChI=1S/C23H35N3O5S/c1-3-5-6-7-8-10-20(24-23(27)28)19-32(29,30)26-16-9-15-25(17-18-26)21-11-13-22(14-12-21)31-4-2/h11-14,20,24H,3-7,9,15-19H2,1-2H3,(H,27,28). The zero-order valence-corrected chi connectivity index (χ0v) is 19.9. The number of rotatable bonds is 10. The molecular formula is C23H35N3O5S. The fourth-order valence-electron chi connectivity index (χ4n) is 3.59. The van der Waals surface area contributed by atoms with E-state index in [2.05, 4.69) is 29.0 Å². The van der Waals surface area contributed by atoms with Crippen LogP contribution in [0, 0.1) is 11.8 Å². The van der Waals surface area contributed by atoms with Crippen LogP contribution in [0.2, 0.25) is 0 Å². The van der Waals surface area contributed by atoms with E-state index in [4.69, 9.17) is 9.84 Å². The number of nitrogens with one attached hydrogen (secondary N) is 1. The van der Waals surface area contributed by atoms with E-state index in [0.717, 1.165) is 37.2 Å². The maximum atomic E-state index is 13.0. The molecule has 0 bridgehead atoms. The van der Waals surface area contributed by atoms with E-state index in [1.165, 1.54) is 4.31 Å². The second-order valence-corrected chi connectivity index (χ2v) is 9.74. The Labute approximate surface area is 192 Å². The van der Waals surface area contributed by atoms with Crippen LogP contribution in [0.25, 0.3) is 0 Å². The fourth-order valence-corrected chi connectivity index (χ4v) is 5.16. The number of unbranched alkanes of at least 4 members (excludes halogenated alkanes) is 3. The summed E-state index contributed by atoms with van der Waals surface area (Å²) in [4.78, 5) is 13.3. The second kappa shape index (κ2) is 13.2. The first-order chi connectivity index (χ1) is 15.4. The lowest BCUT2D eigenvalue weighted by Crippen LogP contribution is -2.44. The van der Waals surface area contributed by atoms with Gasteiger partial charge in [0.15, 0.2) is 0 Å². The highest BCUT2D eigenvalue weighted by atomic mass is 32.2. The van der Waals surface area contributed by atoms with Crippen molar-refractivity contribution in [3.8, 4) is 17.6 Å². The van der Waals surface area contributed by atoms with Gasteiger partial charge in [-0.2, -0.15) is 4.31 Å². The van der Waals surface area contributed by atoms with Gasteiger partial charge < -0.3 is 20.1 Å². The SMILES string of the molecule is CCCCCC#CC(CS(=O)(=O)N1CCCN(c2ccc(OCC)cc2)CC1)NC(=O)O. The third kappa shape index (κ3) is 8.60. The van der Waals surface area contributed by atoms with Crippen LogP contribution in [0.15, 0.2) is 24.3 Å². The molecule has 0 spiro atoms. The molecule has 2 rings (SSSR count). The lowest BCUT2D eigenvalue weighted by atomic mass is 10.2. The molecule has 2 N–H and O–H groups in total. The molecule has 1 aliphatic heterocycles. The molecule has 1 amide bonds. The van der Waals surface area contributed by atoms with Gasteiger partial charge in [0.2, 0.25) is 10.0 Å². The number of carboxylic acid groups (broad SMARTS) is 1. The Morgan fingerprint density at radius 1 is 1.16 bits per heavy atom. The van der Waals surface area contributed by atoms with E-state index in [1.54, 1.807) is 0 Å². The zero-order valence-electron chi connectivity index (χ0n) is 19.0. The normalized spacial score (nSPS) is 15.9. The van der Waals surface area contributed by atoms with Crippen molar-refractivity contribution in [2.45, 2.75) is 52.0 Å². The Morgan fingerprint density at radius 3 is 2.56 bits per heavy atom. The monoisotopic (exact) mass is 465 g/mol. The number of nitrogens with zero attached hydrogens (tertiary/aromatic N) is 2. The Balaban J connectivity index is 2.00. The van der Waals surface area contributed by atoms with E-state index < -0.39 is 22.2 Å². The van der Waals surface area contributed by atoms with Crippen LogP contribution in [0.5, 0.6) is 5.75 Å². The summed E-state index contributed by atoms with van der Waals surface area (Å²) >= 11 is 0. The second-order valence-electron chi connectivity index (χ2n) is 7.73. The highest BCUT2D eigenvalue weighted by Gasteiger charge is 2.28. The molecular weight excluding hydrogens is 430 g/mol. The Morgan fingerprint density at radius 2 is 1.91 bits per heavy atom. The zero-order chi connectivity index (χ0) is 23.4. The average Bonchev–Trinajstić information content (AvgIpc) is 3.01. The van der Waals surface area contributed by atoms with Gasteiger partial charge in [-0.1, -0.05) is 25.7 Å². The molecule has 0 aliphatic carbocycles. The molecule has 1 fully saturated rings. The molecule has 0 aromatic heterocycles. The van der Waals surface area contributed by atoms with Crippen LogP contribution in [0.3, 0.4) is 0 Å². The number of hydrogen-bond donors (Lipinski definition) is 2. The molecule has 0 radical (unpaired) electrons. The molecule has 1 unspecified atom stereocenters. The minimum atomic E-state index is -3.66. The quantitative estimate of drug-likeness (QED) is 0.407. The van der Waals surface area contributed by atoms with Gasteiger partial charge in [0.05, 0.1) is 12.4 Å². The van der Waals surface area contributed by atoms with E-state index in [0.29, 0.717) is 39.1 Å². The summed E-state index contributed by atoms with van der Waals surface area (Å²) in [5, 5.41) is 11.3. The van der Waals surface area contributed by atoms with Crippen LogP contribution >= 0.6 is 0 Å². The largest absolute Gasteiger partial charge is 0.494 e. The first-order valence-electron chi connectivity index (χ1n) is 11.3. The van der Waals surface area contributed by atoms with Gasteiger partial charge in [-0.25, -0.2) is 13.2 Å². The van der Waals surface area contributed by atoms with E-state index in [1.807, 2.05) is 31.2 Å². The van der Waals surface area contributed by atoms with Gasteiger partial charge in [0.25, 0.3) is 0 Å². The van der Waals surface area contributed by atoms with Gasteiger partial charge in [-0.3, -0.25) is 0 Å². The molecule has 1 heterocycles. The van der Waals surface area contributed by atoms with Gasteiger partial charge in [0, 0.05) is 38.3 Å². The highest BCUT2D eigenvalue weighted by Crippen LogP contribution is 2.21. The van der Waals surface area contributed by atoms with E-state index in [-0.39, 0.29) is 5.75 Å².